The van der Waals surface area contributed by atoms with Crippen LogP contribution in [0.4, 0.5) is 0 Å². The SMILES string of the molecule is COCCCNC(=O)[C@@H](Cc1ccccc1)N(Cc1ccc(Cl)cc1)C(=O)CCc1ccccc1. The highest BCUT2D eigenvalue weighted by Crippen LogP contribution is 2.18. The second-order valence-electron chi connectivity index (χ2n) is 8.48. The number of benzene rings is 3. The molecule has 0 saturated carbocycles. The number of hydrogen-bond acceptors (Lipinski definition) is 3. The lowest BCUT2D eigenvalue weighted by Crippen LogP contribution is -2.50. The van der Waals surface area contributed by atoms with Crippen molar-refractivity contribution in [3.05, 3.63) is 107 Å². The minimum Gasteiger partial charge on any atom is -0.385 e. The molecule has 5 nitrogen and oxygen atoms in total. The summed E-state index contributed by atoms with van der Waals surface area (Å²) in [5, 5.41) is 3.64. The molecule has 0 heterocycles. The van der Waals surface area contributed by atoms with Gasteiger partial charge in [0.1, 0.15) is 6.04 Å². The van der Waals surface area contributed by atoms with Gasteiger partial charge in [-0.3, -0.25) is 9.59 Å². The van der Waals surface area contributed by atoms with Crippen LogP contribution in [0.5, 0.6) is 0 Å². The zero-order chi connectivity index (χ0) is 24.9. The van der Waals surface area contributed by atoms with Crippen LogP contribution in [-0.2, 0) is 33.7 Å². The molecule has 0 radical (unpaired) electrons. The molecule has 35 heavy (non-hydrogen) atoms. The Kier molecular flexibility index (Phi) is 10.8. The van der Waals surface area contributed by atoms with Crippen molar-refractivity contribution in [3.8, 4) is 0 Å². The molecule has 0 aliphatic heterocycles. The van der Waals surface area contributed by atoms with Crippen LogP contribution in [0.15, 0.2) is 84.9 Å². The van der Waals surface area contributed by atoms with Crippen LogP contribution in [0.3, 0.4) is 0 Å². The number of amides is 2. The third-order valence-corrected chi connectivity index (χ3v) is 6.08. The van der Waals surface area contributed by atoms with Crippen molar-refractivity contribution in [1.82, 2.24) is 10.2 Å². The Balaban J connectivity index is 1.85. The van der Waals surface area contributed by atoms with E-state index in [0.29, 0.717) is 50.4 Å². The Labute approximate surface area is 213 Å². The van der Waals surface area contributed by atoms with E-state index >= 15 is 0 Å². The zero-order valence-corrected chi connectivity index (χ0v) is 20.9. The van der Waals surface area contributed by atoms with Gasteiger partial charge in [-0.2, -0.15) is 0 Å². The number of nitrogens with one attached hydrogen (secondary N) is 1. The molecular formula is C29H33ClN2O3. The molecule has 0 bridgehead atoms. The van der Waals surface area contributed by atoms with Gasteiger partial charge in [0, 0.05) is 44.7 Å². The Morgan fingerprint density at radius 1 is 0.886 bits per heavy atom. The van der Waals surface area contributed by atoms with Crippen LogP contribution in [0.25, 0.3) is 0 Å². The average Bonchev–Trinajstić information content (AvgIpc) is 2.89. The number of nitrogens with zero attached hydrogens (tertiary/aromatic N) is 1. The number of carbonyl (C=O) groups excluding carboxylic acids is 2. The number of hydrogen-bond donors (Lipinski definition) is 1. The van der Waals surface area contributed by atoms with Crippen molar-refractivity contribution >= 4 is 23.4 Å². The van der Waals surface area contributed by atoms with Crippen LogP contribution in [0.1, 0.15) is 29.5 Å². The van der Waals surface area contributed by atoms with Crippen molar-refractivity contribution in [2.45, 2.75) is 38.3 Å². The summed E-state index contributed by atoms with van der Waals surface area (Å²) in [6.45, 7) is 1.38. The van der Waals surface area contributed by atoms with E-state index in [1.165, 1.54) is 0 Å². The summed E-state index contributed by atoms with van der Waals surface area (Å²) in [7, 11) is 1.64. The predicted molar refractivity (Wildman–Crippen MR) is 140 cm³/mol. The third kappa shape index (κ3) is 8.85. The first-order chi connectivity index (χ1) is 17.1. The first-order valence-electron chi connectivity index (χ1n) is 11.9. The molecule has 1 N–H and O–H groups in total. The minimum atomic E-state index is -0.640. The van der Waals surface area contributed by atoms with Gasteiger partial charge in [-0.25, -0.2) is 0 Å². The molecule has 3 aromatic carbocycles. The van der Waals surface area contributed by atoms with Gasteiger partial charge in [0.15, 0.2) is 0 Å². The summed E-state index contributed by atoms with van der Waals surface area (Å²) < 4.78 is 5.10. The van der Waals surface area contributed by atoms with Crippen molar-refractivity contribution in [2.75, 3.05) is 20.3 Å². The van der Waals surface area contributed by atoms with Gasteiger partial charge in [-0.1, -0.05) is 84.4 Å². The standard InChI is InChI=1S/C29H33ClN2O3/c1-35-20-8-19-31-29(34)27(21-24-11-6-3-7-12-24)32(22-25-13-16-26(30)17-14-25)28(33)18-15-23-9-4-2-5-10-23/h2-7,9-14,16-17,27H,8,15,18-22H2,1H3,(H,31,34)/t27-/m1/s1. The number of aryl methyl sites for hydroxylation is 1. The maximum Gasteiger partial charge on any atom is 0.243 e. The molecule has 3 aromatic rings. The number of rotatable bonds is 13. The topological polar surface area (TPSA) is 58.6 Å². The number of methoxy groups -OCH3 is 1. The molecule has 0 fully saturated rings. The number of halogens is 1. The van der Waals surface area contributed by atoms with Crippen LogP contribution >= 0.6 is 11.6 Å². The highest BCUT2D eigenvalue weighted by atomic mass is 35.5. The van der Waals surface area contributed by atoms with E-state index in [-0.39, 0.29) is 11.8 Å². The lowest BCUT2D eigenvalue weighted by Gasteiger charge is -2.31. The third-order valence-electron chi connectivity index (χ3n) is 5.83. The highest BCUT2D eigenvalue weighted by molar-refractivity contribution is 6.30. The molecule has 3 rings (SSSR count). The molecule has 0 aliphatic rings. The van der Waals surface area contributed by atoms with Crippen LogP contribution in [-0.4, -0.2) is 43.0 Å². The Morgan fingerprint density at radius 3 is 2.14 bits per heavy atom. The van der Waals surface area contributed by atoms with Gasteiger partial charge in [0.25, 0.3) is 0 Å². The second-order valence-corrected chi connectivity index (χ2v) is 8.91. The fourth-order valence-corrected chi connectivity index (χ4v) is 4.05. The maximum atomic E-state index is 13.6. The average molecular weight is 493 g/mol. The summed E-state index contributed by atoms with van der Waals surface area (Å²) in [5.74, 6) is -0.219. The van der Waals surface area contributed by atoms with Crippen molar-refractivity contribution in [3.63, 3.8) is 0 Å². The van der Waals surface area contributed by atoms with Gasteiger partial charge in [0.05, 0.1) is 0 Å². The Hall–Kier alpha value is -3.15. The first-order valence-corrected chi connectivity index (χ1v) is 12.3. The fraction of sp³-hybridized carbons (Fsp3) is 0.310. The molecule has 0 spiro atoms. The summed E-state index contributed by atoms with van der Waals surface area (Å²) in [6.07, 6.45) is 2.07. The largest absolute Gasteiger partial charge is 0.385 e. The minimum absolute atomic E-state index is 0.0585. The summed E-state index contributed by atoms with van der Waals surface area (Å²) in [6, 6.07) is 26.5. The molecule has 6 heteroatoms. The highest BCUT2D eigenvalue weighted by Gasteiger charge is 2.30. The van der Waals surface area contributed by atoms with E-state index in [1.807, 2.05) is 72.8 Å². The van der Waals surface area contributed by atoms with E-state index in [9.17, 15) is 9.59 Å². The molecule has 0 unspecified atom stereocenters. The van der Waals surface area contributed by atoms with Crippen molar-refractivity contribution in [2.24, 2.45) is 0 Å². The zero-order valence-electron chi connectivity index (χ0n) is 20.2. The number of ether oxygens (including phenoxy) is 1. The molecule has 0 aromatic heterocycles. The van der Waals surface area contributed by atoms with E-state index in [4.69, 9.17) is 16.3 Å². The van der Waals surface area contributed by atoms with Crippen molar-refractivity contribution in [1.29, 1.82) is 0 Å². The fourth-order valence-electron chi connectivity index (χ4n) is 3.93. The van der Waals surface area contributed by atoms with Crippen molar-refractivity contribution < 1.29 is 14.3 Å². The van der Waals surface area contributed by atoms with E-state index in [0.717, 1.165) is 16.7 Å². The molecule has 1 atom stereocenters. The maximum absolute atomic E-state index is 13.6. The summed E-state index contributed by atoms with van der Waals surface area (Å²) in [5.41, 5.74) is 3.02. The van der Waals surface area contributed by atoms with Crippen LogP contribution in [0, 0.1) is 0 Å². The molecular weight excluding hydrogens is 460 g/mol. The lowest BCUT2D eigenvalue weighted by atomic mass is 10.0. The monoisotopic (exact) mass is 492 g/mol. The molecule has 2 amide bonds. The lowest BCUT2D eigenvalue weighted by molar-refractivity contribution is -0.141. The van der Waals surface area contributed by atoms with Gasteiger partial charge in [-0.05, 0) is 41.7 Å². The smallest absolute Gasteiger partial charge is 0.243 e. The quantitative estimate of drug-likeness (QED) is 0.339. The molecule has 0 aliphatic carbocycles. The summed E-state index contributed by atoms with van der Waals surface area (Å²) >= 11 is 6.08. The van der Waals surface area contributed by atoms with E-state index in [1.54, 1.807) is 24.1 Å². The molecule has 0 saturated heterocycles. The van der Waals surface area contributed by atoms with Gasteiger partial charge >= 0.3 is 0 Å². The Morgan fingerprint density at radius 2 is 1.51 bits per heavy atom. The van der Waals surface area contributed by atoms with Crippen LogP contribution < -0.4 is 5.32 Å². The van der Waals surface area contributed by atoms with Gasteiger partial charge in [0.2, 0.25) is 11.8 Å². The summed E-state index contributed by atoms with van der Waals surface area (Å²) in [4.78, 5) is 28.7. The predicted octanol–water partition coefficient (Wildman–Crippen LogP) is 5.07. The Bertz CT molecular complexity index is 1040. The first kappa shape index (κ1) is 26.5. The van der Waals surface area contributed by atoms with E-state index < -0.39 is 6.04 Å². The number of carbonyl (C=O) groups is 2. The van der Waals surface area contributed by atoms with E-state index in [2.05, 4.69) is 5.32 Å². The van der Waals surface area contributed by atoms with Gasteiger partial charge < -0.3 is 15.0 Å². The van der Waals surface area contributed by atoms with Crippen LogP contribution in [0.2, 0.25) is 5.02 Å². The van der Waals surface area contributed by atoms with Gasteiger partial charge in [-0.15, -0.1) is 0 Å². The second kappa shape index (κ2) is 14.3. The normalized spacial score (nSPS) is 11.6. The molecule has 184 valence electrons.